The van der Waals surface area contributed by atoms with E-state index in [1.54, 1.807) is 42.6 Å². The summed E-state index contributed by atoms with van der Waals surface area (Å²) < 4.78 is 10.2. The smallest absolute Gasteiger partial charge is 0.335 e. The van der Waals surface area contributed by atoms with E-state index in [0.29, 0.717) is 22.2 Å². The second-order valence-electron chi connectivity index (χ2n) is 9.12. The Balaban J connectivity index is 1.50. The van der Waals surface area contributed by atoms with Gasteiger partial charge in [0.2, 0.25) is 5.82 Å². The second kappa shape index (κ2) is 9.52. The Hall–Kier alpha value is -4.76. The van der Waals surface area contributed by atoms with Gasteiger partial charge in [-0.2, -0.15) is 9.78 Å². The zero-order chi connectivity index (χ0) is 27.3. The molecule has 6 rings (SSSR count). The van der Waals surface area contributed by atoms with Crippen molar-refractivity contribution < 1.29 is 14.3 Å². The van der Waals surface area contributed by atoms with E-state index in [9.17, 15) is 14.7 Å². The number of halogens is 1. The van der Waals surface area contributed by atoms with Crippen molar-refractivity contribution >= 4 is 50.0 Å². The van der Waals surface area contributed by atoms with Crippen LogP contribution in [0.3, 0.4) is 0 Å². The summed E-state index contributed by atoms with van der Waals surface area (Å²) in [6, 6.07) is 23.3. The van der Waals surface area contributed by atoms with Crippen LogP contribution in [0.25, 0.3) is 39.1 Å². The third kappa shape index (κ3) is 4.36. The van der Waals surface area contributed by atoms with E-state index >= 15 is 0 Å². The topological polar surface area (TPSA) is 103 Å². The molecule has 0 fully saturated rings. The first-order chi connectivity index (χ1) is 18.8. The minimum absolute atomic E-state index is 0.200. The quantitative estimate of drug-likeness (QED) is 0.232. The Labute approximate surface area is 230 Å². The molecule has 9 heteroatoms. The fourth-order valence-electron chi connectivity index (χ4n) is 4.73. The van der Waals surface area contributed by atoms with Crippen LogP contribution in [0.15, 0.2) is 97.6 Å². The minimum atomic E-state index is -0.991. The molecule has 0 atom stereocenters. The predicted octanol–water partition coefficient (Wildman–Crippen LogP) is 6.56. The zero-order valence-electron chi connectivity index (χ0n) is 20.9. The summed E-state index contributed by atoms with van der Waals surface area (Å²) in [5, 5.41) is 15.3. The van der Waals surface area contributed by atoms with Gasteiger partial charge in [-0.05, 0) is 74.5 Å². The van der Waals surface area contributed by atoms with Gasteiger partial charge in [-0.15, -0.1) is 0 Å². The lowest BCUT2D eigenvalue weighted by molar-refractivity contribution is 0.0697. The molecule has 0 bridgehead atoms. The number of hydrogen-bond donors (Lipinski definition) is 1. The molecule has 3 aromatic carbocycles. The van der Waals surface area contributed by atoms with Crippen LogP contribution in [0.5, 0.6) is 0 Å². The normalized spacial score (nSPS) is 11.7. The summed E-state index contributed by atoms with van der Waals surface area (Å²) in [5.74, 6) is -0.293. The molecule has 0 saturated heterocycles. The number of carbonyl (C=O) groups is 1. The fourth-order valence-corrected chi connectivity index (χ4v) is 5.11. The van der Waals surface area contributed by atoms with Crippen molar-refractivity contribution in [3.63, 3.8) is 0 Å². The van der Waals surface area contributed by atoms with E-state index in [1.165, 1.54) is 4.68 Å². The third-order valence-electron chi connectivity index (χ3n) is 6.59. The molecular formula is C30H21BrN4O4. The average molecular weight is 581 g/mol. The molecular weight excluding hydrogens is 560 g/mol. The van der Waals surface area contributed by atoms with E-state index in [1.807, 2.05) is 60.9 Å². The van der Waals surface area contributed by atoms with Gasteiger partial charge in [-0.1, -0.05) is 34.1 Å². The Bertz CT molecular complexity index is 2020. The lowest BCUT2D eigenvalue weighted by Gasteiger charge is -2.10. The zero-order valence-corrected chi connectivity index (χ0v) is 22.5. The highest BCUT2D eigenvalue weighted by molar-refractivity contribution is 9.10. The summed E-state index contributed by atoms with van der Waals surface area (Å²) in [4.78, 5) is 29.8. The molecule has 39 heavy (non-hydrogen) atoms. The number of aromatic nitrogens is 3. The number of carboxylic acids is 1. The number of hydrogen-bond acceptors (Lipinski definition) is 5. The Morgan fingerprint density at radius 1 is 1.03 bits per heavy atom. The third-order valence-corrected chi connectivity index (χ3v) is 7.08. The van der Waals surface area contributed by atoms with Gasteiger partial charge in [-0.3, -0.25) is 4.79 Å². The first kappa shape index (κ1) is 24.6. The van der Waals surface area contributed by atoms with Gasteiger partial charge in [-0.25, -0.2) is 9.78 Å². The van der Waals surface area contributed by atoms with Gasteiger partial charge in [0.15, 0.2) is 5.76 Å². The van der Waals surface area contributed by atoms with E-state index in [4.69, 9.17) is 9.40 Å². The van der Waals surface area contributed by atoms with Crippen molar-refractivity contribution in [2.75, 3.05) is 0 Å². The van der Waals surface area contributed by atoms with Crippen molar-refractivity contribution in [2.45, 2.75) is 13.8 Å². The van der Waals surface area contributed by atoms with E-state index in [2.05, 4.69) is 21.0 Å². The number of rotatable bonds is 5. The standard InChI is InChI=1S/C30H21BrN4O4/c1-17-12-21(18(2)34(17)23-7-5-6-19(14-23)30(37)38)16-32-35-28(33-25-9-4-3-8-24(25)29(35)36)27-15-20-13-22(31)10-11-26(20)39-27/h3-16H,1-2H3,(H,37,38). The van der Waals surface area contributed by atoms with Crippen molar-refractivity contribution in [3.05, 3.63) is 116 Å². The first-order valence-electron chi connectivity index (χ1n) is 12.1. The molecule has 192 valence electrons. The monoisotopic (exact) mass is 580 g/mol. The first-order valence-corrected chi connectivity index (χ1v) is 12.9. The Morgan fingerprint density at radius 3 is 2.67 bits per heavy atom. The lowest BCUT2D eigenvalue weighted by Crippen LogP contribution is -2.20. The van der Waals surface area contributed by atoms with Crippen LogP contribution in [0.4, 0.5) is 0 Å². The molecule has 0 saturated carbocycles. The van der Waals surface area contributed by atoms with E-state index in [-0.39, 0.29) is 16.9 Å². The highest BCUT2D eigenvalue weighted by atomic mass is 79.9. The summed E-state index contributed by atoms with van der Waals surface area (Å²) in [7, 11) is 0. The Morgan fingerprint density at radius 2 is 1.85 bits per heavy atom. The van der Waals surface area contributed by atoms with Crippen molar-refractivity contribution in [3.8, 4) is 17.3 Å². The molecule has 3 heterocycles. The molecule has 6 aromatic rings. The number of aromatic carboxylic acids is 1. The molecule has 0 radical (unpaired) electrons. The van der Waals surface area contributed by atoms with Gasteiger partial charge >= 0.3 is 5.97 Å². The highest BCUT2D eigenvalue weighted by Gasteiger charge is 2.17. The predicted molar refractivity (Wildman–Crippen MR) is 154 cm³/mol. The van der Waals surface area contributed by atoms with Crippen molar-refractivity contribution in [2.24, 2.45) is 5.10 Å². The van der Waals surface area contributed by atoms with Crippen LogP contribution in [0.2, 0.25) is 0 Å². The molecule has 8 nitrogen and oxygen atoms in total. The fraction of sp³-hybridized carbons (Fsp3) is 0.0667. The summed E-state index contributed by atoms with van der Waals surface area (Å²) >= 11 is 3.48. The van der Waals surface area contributed by atoms with Gasteiger partial charge in [0.1, 0.15) is 5.58 Å². The van der Waals surface area contributed by atoms with E-state index in [0.717, 1.165) is 32.5 Å². The van der Waals surface area contributed by atoms with Gasteiger partial charge < -0.3 is 14.1 Å². The Kier molecular flexibility index (Phi) is 6.00. The number of benzene rings is 3. The maximum Gasteiger partial charge on any atom is 0.335 e. The summed E-state index contributed by atoms with van der Waals surface area (Å²) in [6.45, 7) is 3.85. The number of para-hydroxylation sites is 1. The van der Waals surface area contributed by atoms with Crippen LogP contribution in [0.1, 0.15) is 27.3 Å². The maximum atomic E-state index is 13.6. The van der Waals surface area contributed by atoms with Crippen LogP contribution in [-0.2, 0) is 0 Å². The molecule has 0 aliphatic heterocycles. The minimum Gasteiger partial charge on any atom is -0.478 e. The highest BCUT2D eigenvalue weighted by Crippen LogP contribution is 2.29. The number of aryl methyl sites for hydroxylation is 1. The lowest BCUT2D eigenvalue weighted by atomic mass is 10.2. The van der Waals surface area contributed by atoms with Crippen molar-refractivity contribution in [1.29, 1.82) is 0 Å². The van der Waals surface area contributed by atoms with Gasteiger partial charge in [0, 0.05) is 32.5 Å². The van der Waals surface area contributed by atoms with Crippen LogP contribution >= 0.6 is 15.9 Å². The van der Waals surface area contributed by atoms with Crippen molar-refractivity contribution in [1.82, 2.24) is 14.2 Å². The molecule has 0 unspecified atom stereocenters. The number of furan rings is 1. The molecule has 0 aliphatic rings. The SMILES string of the molecule is Cc1cc(C=Nn2c(-c3cc4cc(Br)ccc4o3)nc3ccccc3c2=O)c(C)n1-c1cccc(C(=O)O)c1. The van der Waals surface area contributed by atoms with Crippen LogP contribution in [0, 0.1) is 13.8 Å². The average Bonchev–Trinajstić information content (AvgIpc) is 3.47. The van der Waals surface area contributed by atoms with Gasteiger partial charge in [0.25, 0.3) is 5.56 Å². The summed E-state index contributed by atoms with van der Waals surface area (Å²) in [6.07, 6.45) is 1.61. The number of carboxylic acid groups (broad SMARTS) is 1. The molecule has 1 N–H and O–H groups in total. The second-order valence-corrected chi connectivity index (χ2v) is 10.0. The molecule has 0 spiro atoms. The van der Waals surface area contributed by atoms with Gasteiger partial charge in [0.05, 0.1) is 22.7 Å². The summed E-state index contributed by atoms with van der Waals surface area (Å²) in [5.41, 5.74) is 4.32. The largest absolute Gasteiger partial charge is 0.478 e. The molecule has 0 aliphatic carbocycles. The van der Waals surface area contributed by atoms with Crippen LogP contribution < -0.4 is 5.56 Å². The maximum absolute atomic E-state index is 13.6. The van der Waals surface area contributed by atoms with Crippen LogP contribution in [-0.4, -0.2) is 31.5 Å². The number of nitrogens with zero attached hydrogens (tertiary/aromatic N) is 4. The number of fused-ring (bicyclic) bond motifs is 2. The molecule has 0 amide bonds. The van der Waals surface area contributed by atoms with E-state index < -0.39 is 5.97 Å². The molecule has 3 aromatic heterocycles.